The topological polar surface area (TPSA) is 84.3 Å². The highest BCUT2D eigenvalue weighted by molar-refractivity contribution is 7.89. The molecule has 0 saturated heterocycles. The molecule has 218 valence electrons. The predicted octanol–water partition coefficient (Wildman–Crippen LogP) is 6.16. The van der Waals surface area contributed by atoms with Crippen LogP contribution in [-0.4, -0.2) is 23.9 Å². The highest BCUT2D eigenvalue weighted by Gasteiger charge is 2.46. The molecule has 0 aliphatic heterocycles. The number of aryl methyl sites for hydroxylation is 2. The summed E-state index contributed by atoms with van der Waals surface area (Å²) in [5.74, 6) is 0.956. The number of anilines is 1. The SMILES string of the molecule is Cc1ccc(S(=O)(=O)N[C@@H]2CCC(C)(C)c3ccc(N(Cc4nccn4C)C(=O)[C@@H]4C[C@@H]4c4ccccc4)cc32)cc1. The highest BCUT2D eigenvalue weighted by Crippen LogP contribution is 2.49. The van der Waals surface area contributed by atoms with Gasteiger partial charge < -0.3 is 9.47 Å². The van der Waals surface area contributed by atoms with Crippen LogP contribution in [0.2, 0.25) is 0 Å². The van der Waals surface area contributed by atoms with Gasteiger partial charge in [0.1, 0.15) is 5.82 Å². The Bertz CT molecular complexity index is 1710. The largest absolute Gasteiger partial charge is 0.337 e. The fourth-order valence-corrected chi connectivity index (χ4v) is 7.49. The standard InChI is InChI=1S/C34H38N4O3S/c1-23-10-13-26(14-11-23)42(40,41)36-31-16-17-34(2,3)30-15-12-25(20-29(30)31)38(22-32-35-18-19-37(32)4)33(39)28-21-27(28)24-8-6-5-7-9-24/h5-15,18-20,27-28,31,36H,16-17,21-22H2,1-4H3/t27-,28-,31-/m1/s1. The molecule has 1 fully saturated rings. The summed E-state index contributed by atoms with van der Waals surface area (Å²) in [6.45, 7) is 6.66. The first kappa shape index (κ1) is 28.4. The van der Waals surface area contributed by atoms with E-state index in [1.54, 1.807) is 18.3 Å². The summed E-state index contributed by atoms with van der Waals surface area (Å²) < 4.78 is 31.8. The second-order valence-corrected chi connectivity index (χ2v) is 14.1. The monoisotopic (exact) mass is 582 g/mol. The van der Waals surface area contributed by atoms with Gasteiger partial charge in [0.25, 0.3) is 0 Å². The molecular weight excluding hydrogens is 544 g/mol. The van der Waals surface area contributed by atoms with E-state index < -0.39 is 16.1 Å². The molecule has 0 bridgehead atoms. The van der Waals surface area contributed by atoms with E-state index in [1.165, 1.54) is 5.56 Å². The summed E-state index contributed by atoms with van der Waals surface area (Å²) in [7, 11) is -1.81. The average molecular weight is 583 g/mol. The molecule has 42 heavy (non-hydrogen) atoms. The van der Waals surface area contributed by atoms with Crippen molar-refractivity contribution < 1.29 is 13.2 Å². The Morgan fingerprint density at radius 1 is 1.07 bits per heavy atom. The molecular formula is C34H38N4O3S. The van der Waals surface area contributed by atoms with Crippen molar-refractivity contribution >= 4 is 21.6 Å². The number of sulfonamides is 1. The normalized spacial score (nSPS) is 21.0. The van der Waals surface area contributed by atoms with Crippen molar-refractivity contribution in [2.24, 2.45) is 13.0 Å². The Hall–Kier alpha value is -3.75. The summed E-state index contributed by atoms with van der Waals surface area (Å²) in [4.78, 5) is 20.7. The number of amides is 1. The molecule has 2 aliphatic rings. The van der Waals surface area contributed by atoms with E-state index in [-0.39, 0.29) is 28.1 Å². The third-order valence-corrected chi connectivity index (χ3v) is 10.4. The zero-order valence-corrected chi connectivity index (χ0v) is 25.4. The van der Waals surface area contributed by atoms with Crippen molar-refractivity contribution in [3.63, 3.8) is 0 Å². The van der Waals surface area contributed by atoms with Crippen LogP contribution >= 0.6 is 0 Å². The van der Waals surface area contributed by atoms with Gasteiger partial charge in [-0.3, -0.25) is 4.79 Å². The van der Waals surface area contributed by atoms with E-state index in [2.05, 4.69) is 41.8 Å². The van der Waals surface area contributed by atoms with Crippen molar-refractivity contribution in [2.45, 2.75) is 68.8 Å². The van der Waals surface area contributed by atoms with Crippen LogP contribution in [0.15, 0.2) is 90.1 Å². The number of nitrogens with zero attached hydrogens (tertiary/aromatic N) is 3. The van der Waals surface area contributed by atoms with Crippen LogP contribution in [-0.2, 0) is 33.8 Å². The van der Waals surface area contributed by atoms with E-state index in [0.717, 1.165) is 41.0 Å². The molecule has 6 rings (SSSR count). The second-order valence-electron chi connectivity index (χ2n) is 12.4. The van der Waals surface area contributed by atoms with Crippen LogP contribution in [0.4, 0.5) is 5.69 Å². The third kappa shape index (κ3) is 5.53. The van der Waals surface area contributed by atoms with Gasteiger partial charge in [0.2, 0.25) is 15.9 Å². The number of benzene rings is 3. The molecule has 1 aromatic heterocycles. The fraction of sp³-hybridized carbons (Fsp3) is 0.353. The zero-order chi connectivity index (χ0) is 29.6. The number of hydrogen-bond donors (Lipinski definition) is 1. The van der Waals surface area contributed by atoms with Gasteiger partial charge in [-0.15, -0.1) is 0 Å². The first-order valence-corrected chi connectivity index (χ1v) is 16.1. The molecule has 1 amide bonds. The summed E-state index contributed by atoms with van der Waals surface area (Å²) >= 11 is 0. The van der Waals surface area contributed by atoms with Crippen LogP contribution in [0.5, 0.6) is 0 Å². The minimum Gasteiger partial charge on any atom is -0.337 e. The van der Waals surface area contributed by atoms with Gasteiger partial charge in [-0.1, -0.05) is 67.9 Å². The fourth-order valence-electron chi connectivity index (χ4n) is 6.24. The Labute approximate surface area is 248 Å². The summed E-state index contributed by atoms with van der Waals surface area (Å²) in [6, 6.07) is 22.8. The maximum atomic E-state index is 14.1. The van der Waals surface area contributed by atoms with Gasteiger partial charge in [-0.2, -0.15) is 0 Å². The van der Waals surface area contributed by atoms with Crippen LogP contribution in [0.3, 0.4) is 0 Å². The molecule has 0 unspecified atom stereocenters. The van der Waals surface area contributed by atoms with Crippen LogP contribution < -0.4 is 9.62 Å². The van der Waals surface area contributed by atoms with Crippen molar-refractivity contribution in [1.82, 2.24) is 14.3 Å². The minimum atomic E-state index is -3.74. The molecule has 1 heterocycles. The van der Waals surface area contributed by atoms with Crippen molar-refractivity contribution in [2.75, 3.05) is 4.90 Å². The van der Waals surface area contributed by atoms with Gasteiger partial charge in [-0.05, 0) is 78.5 Å². The van der Waals surface area contributed by atoms with Crippen LogP contribution in [0, 0.1) is 12.8 Å². The number of rotatable bonds is 8. The number of aromatic nitrogens is 2. The van der Waals surface area contributed by atoms with E-state index in [9.17, 15) is 13.2 Å². The van der Waals surface area contributed by atoms with Gasteiger partial charge in [-0.25, -0.2) is 18.1 Å². The number of carbonyl (C=O) groups excluding carboxylic acids is 1. The third-order valence-electron chi connectivity index (χ3n) is 8.96. The number of fused-ring (bicyclic) bond motifs is 1. The highest BCUT2D eigenvalue weighted by atomic mass is 32.2. The maximum absolute atomic E-state index is 14.1. The Kier molecular flexibility index (Phi) is 7.31. The summed E-state index contributed by atoms with van der Waals surface area (Å²) in [6.07, 6.45) is 5.95. The van der Waals surface area contributed by atoms with Crippen molar-refractivity contribution in [3.05, 3.63) is 113 Å². The van der Waals surface area contributed by atoms with Crippen molar-refractivity contribution in [1.29, 1.82) is 0 Å². The Morgan fingerprint density at radius 2 is 1.81 bits per heavy atom. The maximum Gasteiger partial charge on any atom is 0.241 e. The minimum absolute atomic E-state index is 0.0682. The molecule has 1 N–H and O–H groups in total. The number of nitrogens with one attached hydrogen (secondary N) is 1. The molecule has 4 aromatic rings. The molecule has 0 radical (unpaired) electrons. The molecule has 3 atom stereocenters. The van der Waals surface area contributed by atoms with Gasteiger partial charge >= 0.3 is 0 Å². The molecule has 8 heteroatoms. The second kappa shape index (κ2) is 10.8. The Morgan fingerprint density at radius 3 is 2.50 bits per heavy atom. The molecule has 1 saturated carbocycles. The lowest BCUT2D eigenvalue weighted by Crippen LogP contribution is -2.37. The summed E-state index contributed by atoms with van der Waals surface area (Å²) in [5, 5.41) is 0. The van der Waals surface area contributed by atoms with E-state index in [0.29, 0.717) is 13.0 Å². The molecule has 0 spiro atoms. The molecule has 2 aliphatic carbocycles. The van der Waals surface area contributed by atoms with Crippen LogP contribution in [0.1, 0.15) is 73.1 Å². The van der Waals surface area contributed by atoms with Crippen molar-refractivity contribution in [3.8, 4) is 0 Å². The molecule has 3 aromatic carbocycles. The lowest BCUT2D eigenvalue weighted by molar-refractivity contribution is -0.120. The lowest BCUT2D eigenvalue weighted by Gasteiger charge is -2.38. The number of carbonyl (C=O) groups is 1. The van der Waals surface area contributed by atoms with E-state index in [1.807, 2.05) is 72.1 Å². The predicted molar refractivity (Wildman–Crippen MR) is 165 cm³/mol. The first-order chi connectivity index (χ1) is 20.0. The number of imidazole rings is 1. The van der Waals surface area contributed by atoms with E-state index in [4.69, 9.17) is 0 Å². The first-order valence-electron chi connectivity index (χ1n) is 14.6. The summed E-state index contributed by atoms with van der Waals surface area (Å²) in [5.41, 5.74) is 4.86. The zero-order valence-electron chi connectivity index (χ0n) is 24.6. The smallest absolute Gasteiger partial charge is 0.241 e. The van der Waals surface area contributed by atoms with E-state index >= 15 is 0 Å². The van der Waals surface area contributed by atoms with Gasteiger partial charge in [0, 0.05) is 37.1 Å². The van der Waals surface area contributed by atoms with Crippen LogP contribution in [0.25, 0.3) is 0 Å². The van der Waals surface area contributed by atoms with Gasteiger partial charge in [0.05, 0.1) is 11.4 Å². The Balaban J connectivity index is 1.36. The molecule has 7 nitrogen and oxygen atoms in total. The lowest BCUT2D eigenvalue weighted by atomic mass is 9.71. The number of hydrogen-bond acceptors (Lipinski definition) is 4. The van der Waals surface area contributed by atoms with Gasteiger partial charge in [0.15, 0.2) is 0 Å². The average Bonchev–Trinajstić information content (AvgIpc) is 3.68. The quantitative estimate of drug-likeness (QED) is 0.270.